The highest BCUT2D eigenvalue weighted by molar-refractivity contribution is 5.94. The molecule has 0 heterocycles. The average Bonchev–Trinajstić information content (AvgIpc) is 2.46. The van der Waals surface area contributed by atoms with Gasteiger partial charge in [-0.25, -0.2) is 0 Å². The van der Waals surface area contributed by atoms with Gasteiger partial charge in [0.1, 0.15) is 5.75 Å². The molecule has 5 nitrogen and oxygen atoms in total. The van der Waals surface area contributed by atoms with Crippen LogP contribution in [-0.2, 0) is 0 Å². The normalized spacial score (nSPS) is 11.8. The van der Waals surface area contributed by atoms with Gasteiger partial charge in [0.2, 0.25) is 0 Å². The van der Waals surface area contributed by atoms with Gasteiger partial charge < -0.3 is 21.3 Å². The molecule has 0 aromatic heterocycles. The van der Waals surface area contributed by atoms with Crippen molar-refractivity contribution in [3.05, 3.63) is 59.7 Å². The van der Waals surface area contributed by atoms with E-state index >= 15 is 0 Å². The molecule has 5 N–H and O–H groups in total. The van der Waals surface area contributed by atoms with Gasteiger partial charge in [-0.2, -0.15) is 0 Å². The van der Waals surface area contributed by atoms with E-state index in [4.69, 9.17) is 10.8 Å². The van der Waals surface area contributed by atoms with Crippen molar-refractivity contribution in [2.24, 2.45) is 0 Å². The quantitative estimate of drug-likeness (QED) is 0.633. The first kappa shape index (κ1) is 13.9. The van der Waals surface area contributed by atoms with Crippen LogP contribution in [0.5, 0.6) is 5.75 Å². The maximum Gasteiger partial charge on any atom is 0.251 e. The van der Waals surface area contributed by atoms with E-state index in [9.17, 15) is 9.90 Å². The van der Waals surface area contributed by atoms with Crippen LogP contribution in [0.1, 0.15) is 22.0 Å². The Hall–Kier alpha value is -2.53. The molecule has 104 valence electrons. The molecule has 0 saturated heterocycles. The summed E-state index contributed by atoms with van der Waals surface area (Å²) in [5.74, 6) is -0.206. The first-order valence-electron chi connectivity index (χ1n) is 6.17. The van der Waals surface area contributed by atoms with E-state index in [1.165, 1.54) is 24.3 Å². The minimum atomic E-state index is -0.795. The van der Waals surface area contributed by atoms with Crippen LogP contribution in [-0.4, -0.2) is 22.7 Å². The molecule has 0 bridgehead atoms. The van der Waals surface area contributed by atoms with E-state index in [1.54, 1.807) is 24.3 Å². The van der Waals surface area contributed by atoms with Gasteiger partial charge in [0.25, 0.3) is 5.91 Å². The summed E-state index contributed by atoms with van der Waals surface area (Å²) in [5.41, 5.74) is 7.29. The van der Waals surface area contributed by atoms with Crippen molar-refractivity contribution in [2.75, 3.05) is 12.3 Å². The minimum absolute atomic E-state index is 0.100. The first-order valence-corrected chi connectivity index (χ1v) is 6.17. The van der Waals surface area contributed by atoms with Gasteiger partial charge in [-0.3, -0.25) is 4.79 Å². The predicted molar refractivity (Wildman–Crippen MR) is 76.3 cm³/mol. The van der Waals surface area contributed by atoms with Crippen molar-refractivity contribution in [1.29, 1.82) is 0 Å². The zero-order chi connectivity index (χ0) is 14.5. The number of aliphatic hydroxyl groups is 1. The van der Waals surface area contributed by atoms with Gasteiger partial charge in [0, 0.05) is 17.8 Å². The van der Waals surface area contributed by atoms with Crippen LogP contribution in [0, 0.1) is 0 Å². The summed E-state index contributed by atoms with van der Waals surface area (Å²) in [4.78, 5) is 11.8. The molecular weight excluding hydrogens is 256 g/mol. The number of benzene rings is 2. The fraction of sp³-hybridized carbons (Fsp3) is 0.133. The third-order valence-electron chi connectivity index (χ3n) is 2.91. The maximum absolute atomic E-state index is 11.8. The molecule has 0 aliphatic heterocycles. The number of aromatic hydroxyl groups is 1. The standard InChI is InChI=1S/C15H16N2O3/c16-12-5-1-10(2-6-12)14(19)9-17-15(20)11-3-7-13(18)8-4-11/h1-8,14,18-19H,9,16H2,(H,17,20). The Morgan fingerprint density at radius 1 is 1.10 bits per heavy atom. The summed E-state index contributed by atoms with van der Waals surface area (Å²) < 4.78 is 0. The molecule has 0 fully saturated rings. The number of aliphatic hydroxyl groups excluding tert-OH is 1. The zero-order valence-corrected chi connectivity index (χ0v) is 10.8. The summed E-state index contributed by atoms with van der Waals surface area (Å²) in [6.45, 7) is 0.101. The Kier molecular flexibility index (Phi) is 4.22. The second kappa shape index (κ2) is 6.08. The molecule has 1 amide bonds. The highest BCUT2D eigenvalue weighted by atomic mass is 16.3. The minimum Gasteiger partial charge on any atom is -0.508 e. The summed E-state index contributed by atoms with van der Waals surface area (Å²) in [5, 5.41) is 21.7. The van der Waals surface area contributed by atoms with Crippen molar-refractivity contribution < 1.29 is 15.0 Å². The van der Waals surface area contributed by atoms with Crippen LogP contribution in [0.3, 0.4) is 0 Å². The number of carbonyl (C=O) groups excluding carboxylic acids is 1. The van der Waals surface area contributed by atoms with Crippen LogP contribution in [0.4, 0.5) is 5.69 Å². The number of phenolic OH excluding ortho intramolecular Hbond substituents is 1. The van der Waals surface area contributed by atoms with E-state index in [2.05, 4.69) is 5.32 Å². The van der Waals surface area contributed by atoms with Crippen LogP contribution >= 0.6 is 0 Å². The van der Waals surface area contributed by atoms with Crippen LogP contribution in [0.25, 0.3) is 0 Å². The fourth-order valence-electron chi connectivity index (χ4n) is 1.74. The largest absolute Gasteiger partial charge is 0.508 e. The molecule has 5 heteroatoms. The number of hydrogen-bond donors (Lipinski definition) is 4. The molecule has 1 unspecified atom stereocenters. The molecule has 0 spiro atoms. The van der Waals surface area contributed by atoms with Crippen LogP contribution < -0.4 is 11.1 Å². The SMILES string of the molecule is Nc1ccc(C(O)CNC(=O)c2ccc(O)cc2)cc1. The Morgan fingerprint density at radius 3 is 2.30 bits per heavy atom. The summed E-state index contributed by atoms with van der Waals surface area (Å²) in [7, 11) is 0. The van der Waals surface area contributed by atoms with Gasteiger partial charge in [-0.05, 0) is 42.0 Å². The molecule has 0 aliphatic carbocycles. The van der Waals surface area contributed by atoms with Gasteiger partial charge in [-0.15, -0.1) is 0 Å². The Morgan fingerprint density at radius 2 is 1.70 bits per heavy atom. The van der Waals surface area contributed by atoms with Crippen molar-refractivity contribution in [1.82, 2.24) is 5.32 Å². The second-order valence-electron chi connectivity index (χ2n) is 4.44. The smallest absolute Gasteiger partial charge is 0.251 e. The van der Waals surface area contributed by atoms with E-state index in [0.29, 0.717) is 16.8 Å². The fourth-order valence-corrected chi connectivity index (χ4v) is 1.74. The van der Waals surface area contributed by atoms with Gasteiger partial charge >= 0.3 is 0 Å². The number of nitrogens with one attached hydrogen (secondary N) is 1. The lowest BCUT2D eigenvalue weighted by molar-refractivity contribution is 0.0916. The summed E-state index contributed by atoms with van der Waals surface area (Å²) in [6, 6.07) is 12.7. The van der Waals surface area contributed by atoms with E-state index in [-0.39, 0.29) is 18.2 Å². The molecule has 0 saturated carbocycles. The Bertz CT molecular complexity index is 579. The predicted octanol–water partition coefficient (Wildman–Crippen LogP) is 1.44. The molecular formula is C15H16N2O3. The highest BCUT2D eigenvalue weighted by Crippen LogP contribution is 2.14. The number of amides is 1. The third-order valence-corrected chi connectivity index (χ3v) is 2.91. The molecule has 1 atom stereocenters. The summed E-state index contributed by atoms with van der Waals surface area (Å²) in [6.07, 6.45) is -0.795. The van der Waals surface area contributed by atoms with Gasteiger partial charge in [-0.1, -0.05) is 12.1 Å². The van der Waals surface area contributed by atoms with Crippen molar-refractivity contribution in [2.45, 2.75) is 6.10 Å². The monoisotopic (exact) mass is 272 g/mol. The molecule has 2 aromatic rings. The van der Waals surface area contributed by atoms with Crippen molar-refractivity contribution in [3.63, 3.8) is 0 Å². The topological polar surface area (TPSA) is 95.6 Å². The molecule has 0 radical (unpaired) electrons. The second-order valence-corrected chi connectivity index (χ2v) is 4.44. The van der Waals surface area contributed by atoms with Crippen LogP contribution in [0.15, 0.2) is 48.5 Å². The number of rotatable bonds is 4. The first-order chi connectivity index (χ1) is 9.56. The zero-order valence-electron chi connectivity index (χ0n) is 10.8. The Labute approximate surface area is 116 Å². The number of anilines is 1. The van der Waals surface area contributed by atoms with E-state index < -0.39 is 6.10 Å². The molecule has 20 heavy (non-hydrogen) atoms. The lowest BCUT2D eigenvalue weighted by Crippen LogP contribution is -2.28. The van der Waals surface area contributed by atoms with Crippen LogP contribution in [0.2, 0.25) is 0 Å². The number of hydrogen-bond acceptors (Lipinski definition) is 4. The number of nitrogen functional groups attached to an aromatic ring is 1. The maximum atomic E-state index is 11.8. The molecule has 2 aromatic carbocycles. The third kappa shape index (κ3) is 3.49. The van der Waals surface area contributed by atoms with Crippen molar-refractivity contribution in [3.8, 4) is 5.75 Å². The lowest BCUT2D eigenvalue weighted by atomic mass is 10.1. The summed E-state index contributed by atoms with van der Waals surface area (Å²) >= 11 is 0. The number of nitrogens with two attached hydrogens (primary N) is 1. The van der Waals surface area contributed by atoms with E-state index in [0.717, 1.165) is 0 Å². The van der Waals surface area contributed by atoms with E-state index in [1.807, 2.05) is 0 Å². The lowest BCUT2D eigenvalue weighted by Gasteiger charge is -2.12. The number of carbonyl (C=O) groups is 1. The number of phenols is 1. The highest BCUT2D eigenvalue weighted by Gasteiger charge is 2.10. The Balaban J connectivity index is 1.92. The molecule has 2 rings (SSSR count). The molecule has 0 aliphatic rings. The van der Waals surface area contributed by atoms with Gasteiger partial charge in [0.15, 0.2) is 0 Å². The average molecular weight is 272 g/mol. The van der Waals surface area contributed by atoms with Crippen molar-refractivity contribution >= 4 is 11.6 Å². The van der Waals surface area contributed by atoms with Gasteiger partial charge in [0.05, 0.1) is 6.10 Å².